The molecule has 1 saturated carbocycles. The lowest BCUT2D eigenvalue weighted by Gasteiger charge is -2.12. The zero-order chi connectivity index (χ0) is 19.8. The minimum Gasteiger partial charge on any atom is -0.473 e. The van der Waals surface area contributed by atoms with E-state index in [0.29, 0.717) is 17.9 Å². The molecule has 0 saturated heterocycles. The van der Waals surface area contributed by atoms with Gasteiger partial charge in [-0.25, -0.2) is 4.39 Å². The van der Waals surface area contributed by atoms with E-state index >= 15 is 0 Å². The first-order chi connectivity index (χ1) is 13.4. The Labute approximate surface area is 163 Å². The third-order valence-corrected chi connectivity index (χ3v) is 4.93. The molecule has 1 atom stereocenters. The Morgan fingerprint density at radius 2 is 2.04 bits per heavy atom. The Hall–Kier alpha value is -2.67. The van der Waals surface area contributed by atoms with Crippen molar-refractivity contribution in [1.29, 1.82) is 0 Å². The maximum Gasteiger partial charge on any atom is 0.236 e. The number of benzene rings is 1. The number of aliphatic hydroxyl groups excluding tert-OH is 1. The molecule has 7 heteroatoms. The van der Waals surface area contributed by atoms with E-state index in [1.54, 1.807) is 17.7 Å². The van der Waals surface area contributed by atoms with E-state index in [1.807, 2.05) is 31.0 Å². The molecule has 2 heterocycles. The van der Waals surface area contributed by atoms with Crippen LogP contribution >= 0.6 is 0 Å². The van der Waals surface area contributed by atoms with Crippen LogP contribution in [-0.4, -0.2) is 30.8 Å². The molecule has 0 spiro atoms. The molecule has 6 nitrogen and oxygen atoms in total. The van der Waals surface area contributed by atoms with Crippen molar-refractivity contribution in [3.8, 4) is 17.1 Å². The normalized spacial score (nSPS) is 15.0. The van der Waals surface area contributed by atoms with Gasteiger partial charge in [0.1, 0.15) is 11.9 Å². The molecule has 0 radical (unpaired) electrons. The van der Waals surface area contributed by atoms with Crippen LogP contribution in [0, 0.1) is 5.82 Å². The molecular weight excluding hydrogens is 359 g/mol. The minimum absolute atomic E-state index is 0.270. The van der Waals surface area contributed by atoms with Crippen LogP contribution in [0.15, 0.2) is 30.6 Å². The Morgan fingerprint density at radius 1 is 1.25 bits per heavy atom. The van der Waals surface area contributed by atoms with Crippen LogP contribution in [0.3, 0.4) is 0 Å². The zero-order valence-electron chi connectivity index (χ0n) is 16.4. The van der Waals surface area contributed by atoms with Gasteiger partial charge in [0.15, 0.2) is 0 Å². The largest absolute Gasteiger partial charge is 0.473 e. The molecule has 0 amide bonds. The quantitative estimate of drug-likeness (QED) is 0.676. The van der Waals surface area contributed by atoms with Crippen molar-refractivity contribution >= 4 is 0 Å². The van der Waals surface area contributed by atoms with Gasteiger partial charge in [-0.2, -0.15) is 5.10 Å². The van der Waals surface area contributed by atoms with E-state index in [9.17, 15) is 9.50 Å². The average molecular weight is 384 g/mol. The van der Waals surface area contributed by atoms with Crippen molar-refractivity contribution in [1.82, 2.24) is 19.6 Å². The van der Waals surface area contributed by atoms with Crippen molar-refractivity contribution < 1.29 is 14.2 Å². The molecule has 1 aromatic carbocycles. The molecule has 3 aromatic rings. The molecule has 148 valence electrons. The number of ether oxygens (including phenoxy) is 1. The Balaban J connectivity index is 1.73. The number of aryl methyl sites for hydroxylation is 2. The van der Waals surface area contributed by atoms with Gasteiger partial charge in [-0.15, -0.1) is 5.10 Å². The van der Waals surface area contributed by atoms with Gasteiger partial charge in [-0.1, -0.05) is 0 Å². The van der Waals surface area contributed by atoms with E-state index < -0.39 is 6.10 Å². The van der Waals surface area contributed by atoms with Crippen molar-refractivity contribution in [2.45, 2.75) is 51.9 Å². The maximum atomic E-state index is 13.7. The predicted molar refractivity (Wildman–Crippen MR) is 104 cm³/mol. The Bertz CT molecular complexity index is 988. The number of halogens is 1. The van der Waals surface area contributed by atoms with E-state index in [4.69, 9.17) is 4.74 Å². The highest BCUT2D eigenvalue weighted by Crippen LogP contribution is 2.34. The van der Waals surface area contributed by atoms with Crippen LogP contribution in [-0.2, 0) is 20.0 Å². The standard InChI is InChI=1S/C21H25FN4O2/c1-4-26-12-15(21(24-26)28-17-6-7-17)9-14-11-25(3)23-20(14)18-8-5-16(22)10-19(18)13(2)27/h5,8,10-13,17,27H,4,6-7,9H2,1-3H3/t13-/m1/s1. The molecule has 1 N–H and O–H groups in total. The average Bonchev–Trinajstić information content (AvgIpc) is 3.28. The van der Waals surface area contributed by atoms with Crippen LogP contribution in [0.25, 0.3) is 11.3 Å². The third kappa shape index (κ3) is 3.80. The molecule has 28 heavy (non-hydrogen) atoms. The maximum absolute atomic E-state index is 13.7. The second kappa shape index (κ2) is 7.39. The van der Waals surface area contributed by atoms with Gasteiger partial charge in [-0.3, -0.25) is 9.36 Å². The number of nitrogens with zero attached hydrogens (tertiary/aromatic N) is 4. The van der Waals surface area contributed by atoms with E-state index in [0.717, 1.165) is 41.8 Å². The summed E-state index contributed by atoms with van der Waals surface area (Å²) in [6, 6.07) is 4.45. The summed E-state index contributed by atoms with van der Waals surface area (Å²) >= 11 is 0. The van der Waals surface area contributed by atoms with Crippen molar-refractivity contribution in [3.05, 3.63) is 53.1 Å². The molecule has 1 fully saturated rings. The van der Waals surface area contributed by atoms with Crippen LogP contribution in [0.5, 0.6) is 5.88 Å². The summed E-state index contributed by atoms with van der Waals surface area (Å²) in [7, 11) is 1.86. The van der Waals surface area contributed by atoms with Gasteiger partial charge < -0.3 is 9.84 Å². The first-order valence-corrected chi connectivity index (χ1v) is 9.68. The van der Waals surface area contributed by atoms with E-state index in [1.165, 1.54) is 12.1 Å². The highest BCUT2D eigenvalue weighted by molar-refractivity contribution is 5.68. The SMILES string of the molecule is CCn1cc(Cc2cn(C)nc2-c2ccc(F)cc2[C@@H](C)O)c(OC2CC2)n1. The summed E-state index contributed by atoms with van der Waals surface area (Å²) in [5.74, 6) is 0.301. The number of rotatable bonds is 7. The van der Waals surface area contributed by atoms with Crippen molar-refractivity contribution in [2.24, 2.45) is 7.05 Å². The molecule has 4 rings (SSSR count). The van der Waals surface area contributed by atoms with Crippen LogP contribution in [0.2, 0.25) is 0 Å². The van der Waals surface area contributed by atoms with Gasteiger partial charge >= 0.3 is 0 Å². The molecule has 0 unspecified atom stereocenters. The van der Waals surface area contributed by atoms with E-state index in [2.05, 4.69) is 10.2 Å². The number of hydrogen-bond donors (Lipinski definition) is 1. The summed E-state index contributed by atoms with van der Waals surface area (Å²) in [4.78, 5) is 0. The fourth-order valence-electron chi connectivity index (χ4n) is 3.36. The van der Waals surface area contributed by atoms with Gasteiger partial charge in [0.2, 0.25) is 5.88 Å². The van der Waals surface area contributed by atoms with Crippen LogP contribution in [0.1, 0.15) is 49.5 Å². The summed E-state index contributed by atoms with van der Waals surface area (Å²) in [6.07, 6.45) is 6.18. The Morgan fingerprint density at radius 3 is 2.71 bits per heavy atom. The summed E-state index contributed by atoms with van der Waals surface area (Å²) in [5.41, 5.74) is 3.98. The highest BCUT2D eigenvalue weighted by atomic mass is 19.1. The smallest absolute Gasteiger partial charge is 0.236 e. The first-order valence-electron chi connectivity index (χ1n) is 9.68. The minimum atomic E-state index is -0.794. The molecule has 1 aliphatic rings. The molecular formula is C21H25FN4O2. The number of aliphatic hydroxyl groups is 1. The number of hydrogen-bond acceptors (Lipinski definition) is 4. The molecule has 0 aliphatic heterocycles. The fraction of sp³-hybridized carbons (Fsp3) is 0.429. The molecule has 0 bridgehead atoms. The van der Waals surface area contributed by atoms with Gasteiger partial charge in [0, 0.05) is 49.1 Å². The van der Waals surface area contributed by atoms with Crippen molar-refractivity contribution in [3.63, 3.8) is 0 Å². The molecule has 2 aromatic heterocycles. The Kier molecular flexibility index (Phi) is 4.93. The lowest BCUT2D eigenvalue weighted by molar-refractivity contribution is 0.199. The lowest BCUT2D eigenvalue weighted by Crippen LogP contribution is -2.01. The summed E-state index contributed by atoms with van der Waals surface area (Å²) < 4.78 is 23.3. The van der Waals surface area contributed by atoms with Crippen LogP contribution < -0.4 is 4.74 Å². The van der Waals surface area contributed by atoms with Gasteiger partial charge in [-0.05, 0) is 50.5 Å². The monoisotopic (exact) mass is 384 g/mol. The second-order valence-corrected chi connectivity index (χ2v) is 7.39. The molecule has 1 aliphatic carbocycles. The van der Waals surface area contributed by atoms with Gasteiger partial charge in [0.05, 0.1) is 11.8 Å². The zero-order valence-corrected chi connectivity index (χ0v) is 16.4. The number of aromatic nitrogens is 4. The van der Waals surface area contributed by atoms with Crippen LogP contribution in [0.4, 0.5) is 4.39 Å². The predicted octanol–water partition coefficient (Wildman–Crippen LogP) is 3.63. The fourth-order valence-corrected chi connectivity index (χ4v) is 3.36. The third-order valence-electron chi connectivity index (χ3n) is 4.93. The topological polar surface area (TPSA) is 65.1 Å². The van der Waals surface area contributed by atoms with Gasteiger partial charge in [0.25, 0.3) is 0 Å². The van der Waals surface area contributed by atoms with Crippen molar-refractivity contribution in [2.75, 3.05) is 0 Å². The summed E-state index contributed by atoms with van der Waals surface area (Å²) in [6.45, 7) is 4.44. The van der Waals surface area contributed by atoms with E-state index in [-0.39, 0.29) is 11.9 Å². The second-order valence-electron chi connectivity index (χ2n) is 7.39. The summed E-state index contributed by atoms with van der Waals surface area (Å²) in [5, 5.41) is 19.3. The first kappa shape index (κ1) is 18.7. The highest BCUT2D eigenvalue weighted by Gasteiger charge is 2.27. The lowest BCUT2D eigenvalue weighted by atomic mass is 9.96.